The van der Waals surface area contributed by atoms with Crippen molar-refractivity contribution in [2.24, 2.45) is 11.8 Å². The molecule has 8 nitrogen and oxygen atoms in total. The minimum absolute atomic E-state index is 0.0840. The molecule has 0 saturated heterocycles. The Balaban J connectivity index is 1.64. The van der Waals surface area contributed by atoms with Gasteiger partial charge in [0.15, 0.2) is 5.75 Å². The summed E-state index contributed by atoms with van der Waals surface area (Å²) in [4.78, 5) is 38.1. The van der Waals surface area contributed by atoms with E-state index in [4.69, 9.17) is 18.9 Å². The first-order chi connectivity index (χ1) is 20.2. The maximum Gasteiger partial charge on any atom is 0.374 e. The van der Waals surface area contributed by atoms with E-state index in [1.54, 1.807) is 48.5 Å². The van der Waals surface area contributed by atoms with E-state index < -0.39 is 11.9 Å². The van der Waals surface area contributed by atoms with E-state index >= 15 is 0 Å². The lowest BCUT2D eigenvalue weighted by Gasteiger charge is -2.15. The molecule has 1 N–H and O–H groups in total. The van der Waals surface area contributed by atoms with Crippen molar-refractivity contribution in [1.82, 2.24) is 0 Å². The van der Waals surface area contributed by atoms with Crippen molar-refractivity contribution >= 4 is 23.5 Å². The molecular formula is C34H39NO7. The van der Waals surface area contributed by atoms with Crippen molar-refractivity contribution in [2.75, 3.05) is 25.1 Å². The van der Waals surface area contributed by atoms with Crippen molar-refractivity contribution in [3.05, 3.63) is 102 Å². The molecule has 0 radical (unpaired) electrons. The Kier molecular flexibility index (Phi) is 12.6. The minimum Gasteiger partial charge on any atom is -0.494 e. The van der Waals surface area contributed by atoms with E-state index in [-0.39, 0.29) is 42.5 Å². The number of carbonyl (C=O) groups excluding carboxylic acids is 3. The molecule has 0 unspecified atom stereocenters. The number of hydrogen-bond donors (Lipinski definition) is 1. The highest BCUT2D eigenvalue weighted by Gasteiger charge is 2.20. The van der Waals surface area contributed by atoms with Crippen molar-refractivity contribution < 1.29 is 33.3 Å². The molecule has 42 heavy (non-hydrogen) atoms. The molecule has 3 aromatic carbocycles. The smallest absolute Gasteiger partial charge is 0.374 e. The van der Waals surface area contributed by atoms with Crippen molar-refractivity contribution in [1.29, 1.82) is 0 Å². The Morgan fingerprint density at radius 3 is 2.12 bits per heavy atom. The molecule has 222 valence electrons. The van der Waals surface area contributed by atoms with Crippen LogP contribution in [-0.2, 0) is 25.5 Å². The van der Waals surface area contributed by atoms with Gasteiger partial charge in [-0.1, -0.05) is 70.2 Å². The second-order valence-corrected chi connectivity index (χ2v) is 10.5. The van der Waals surface area contributed by atoms with Gasteiger partial charge in [-0.15, -0.1) is 0 Å². The quantitative estimate of drug-likeness (QED) is 0.0945. The Hall–Kier alpha value is -4.59. The summed E-state index contributed by atoms with van der Waals surface area (Å²) >= 11 is 0. The van der Waals surface area contributed by atoms with Crippen molar-refractivity contribution in [3.8, 4) is 11.5 Å². The summed E-state index contributed by atoms with van der Waals surface area (Å²) in [5.74, 6) is -1.24. The molecule has 3 aromatic rings. The molecule has 0 heterocycles. The fraction of sp³-hybridized carbons (Fsp3) is 0.324. The lowest BCUT2D eigenvalue weighted by atomic mass is 10.1. The van der Waals surface area contributed by atoms with Gasteiger partial charge in [-0.2, -0.15) is 0 Å². The zero-order valence-corrected chi connectivity index (χ0v) is 24.6. The summed E-state index contributed by atoms with van der Waals surface area (Å²) in [6, 6.07) is 23.7. The summed E-state index contributed by atoms with van der Waals surface area (Å²) in [5, 5.41) is 2.80. The number of hydrogen-bond acceptors (Lipinski definition) is 7. The first-order valence-corrected chi connectivity index (χ1v) is 14.1. The van der Waals surface area contributed by atoms with Gasteiger partial charge in [-0.3, -0.25) is 4.79 Å². The van der Waals surface area contributed by atoms with Gasteiger partial charge < -0.3 is 24.3 Å². The van der Waals surface area contributed by atoms with E-state index in [0.29, 0.717) is 23.6 Å². The predicted molar refractivity (Wildman–Crippen MR) is 161 cm³/mol. The molecule has 1 amide bonds. The molecule has 0 fully saturated rings. The van der Waals surface area contributed by atoms with Gasteiger partial charge >= 0.3 is 11.9 Å². The van der Waals surface area contributed by atoms with E-state index in [1.165, 1.54) is 5.56 Å². The normalized spacial score (nSPS) is 11.2. The Bertz CT molecular complexity index is 1330. The molecule has 0 aliphatic carbocycles. The fourth-order valence-corrected chi connectivity index (χ4v) is 3.63. The number of ether oxygens (including phenoxy) is 4. The molecule has 0 spiro atoms. The largest absolute Gasteiger partial charge is 0.494 e. The molecule has 8 heteroatoms. The van der Waals surface area contributed by atoms with Crippen LogP contribution >= 0.6 is 0 Å². The molecule has 0 atom stereocenters. The van der Waals surface area contributed by atoms with Crippen LogP contribution in [0, 0.1) is 11.8 Å². The van der Waals surface area contributed by atoms with Crippen LogP contribution in [0.25, 0.3) is 0 Å². The lowest BCUT2D eigenvalue weighted by Crippen LogP contribution is -2.19. The lowest BCUT2D eigenvalue weighted by molar-refractivity contribution is -0.144. The van der Waals surface area contributed by atoms with Gasteiger partial charge in [0.25, 0.3) is 5.91 Å². The van der Waals surface area contributed by atoms with Crippen LogP contribution in [0.1, 0.15) is 50.0 Å². The maximum absolute atomic E-state index is 13.0. The Morgan fingerprint density at radius 1 is 0.786 bits per heavy atom. The van der Waals surface area contributed by atoms with Crippen molar-refractivity contribution in [3.63, 3.8) is 0 Å². The highest BCUT2D eigenvalue weighted by molar-refractivity contribution is 6.05. The molecule has 0 bridgehead atoms. The average Bonchev–Trinajstić information content (AvgIpc) is 2.98. The predicted octanol–water partition coefficient (Wildman–Crippen LogP) is 6.61. The topological polar surface area (TPSA) is 100 Å². The summed E-state index contributed by atoms with van der Waals surface area (Å²) in [6.45, 7) is 8.48. The highest BCUT2D eigenvalue weighted by atomic mass is 16.6. The Labute approximate surface area is 247 Å². The number of aryl methyl sites for hydroxylation is 1. The van der Waals surface area contributed by atoms with Gasteiger partial charge in [0.05, 0.1) is 31.6 Å². The number of rotatable bonds is 15. The SMILES string of the molecule is CC(C)COC(=O)/C=C(/Oc1ccccc1NC(=O)c1ccc(OCCCc2ccccc2)cc1)C(=O)OCC(C)C. The van der Waals surface area contributed by atoms with E-state index in [2.05, 4.69) is 17.4 Å². The van der Waals surface area contributed by atoms with E-state index in [1.807, 2.05) is 45.9 Å². The third-order valence-corrected chi connectivity index (χ3v) is 5.75. The molecule has 0 saturated carbocycles. The van der Waals surface area contributed by atoms with Gasteiger partial charge in [-0.25, -0.2) is 9.59 Å². The first kappa shape index (κ1) is 31.9. The monoisotopic (exact) mass is 573 g/mol. The van der Waals surface area contributed by atoms with Crippen LogP contribution in [0.4, 0.5) is 5.69 Å². The number of benzene rings is 3. The number of esters is 2. The maximum atomic E-state index is 13.0. The van der Waals surface area contributed by atoms with Crippen LogP contribution in [-0.4, -0.2) is 37.7 Å². The van der Waals surface area contributed by atoms with Gasteiger partial charge in [0, 0.05) is 5.56 Å². The highest BCUT2D eigenvalue weighted by Crippen LogP contribution is 2.27. The first-order valence-electron chi connectivity index (χ1n) is 14.1. The summed E-state index contributed by atoms with van der Waals surface area (Å²) in [6.07, 6.45) is 2.76. The summed E-state index contributed by atoms with van der Waals surface area (Å²) in [7, 11) is 0. The molecule has 0 aliphatic heterocycles. The van der Waals surface area contributed by atoms with Crippen LogP contribution in [0.15, 0.2) is 90.7 Å². The number of para-hydroxylation sites is 2. The van der Waals surface area contributed by atoms with E-state index in [0.717, 1.165) is 18.9 Å². The third-order valence-electron chi connectivity index (χ3n) is 5.75. The number of anilines is 1. The third kappa shape index (κ3) is 11.1. The van der Waals surface area contributed by atoms with E-state index in [9.17, 15) is 14.4 Å². The second-order valence-electron chi connectivity index (χ2n) is 10.5. The second kappa shape index (κ2) is 16.6. The van der Waals surface area contributed by atoms with Crippen molar-refractivity contribution in [2.45, 2.75) is 40.5 Å². The average molecular weight is 574 g/mol. The zero-order chi connectivity index (χ0) is 30.3. The standard InChI is InChI=1S/C34H39NO7/c1-24(2)22-40-32(36)21-31(34(38)41-23-25(3)4)42-30-15-9-8-14-29(30)35-33(37)27-16-18-28(19-17-27)39-20-10-13-26-11-6-5-7-12-26/h5-9,11-12,14-19,21,24-25H,10,13,20,22-23H2,1-4H3,(H,35,37)/b31-21+. The molecule has 3 rings (SSSR count). The zero-order valence-electron chi connectivity index (χ0n) is 24.6. The van der Waals surface area contributed by atoms with Gasteiger partial charge in [0.1, 0.15) is 5.75 Å². The molecular weight excluding hydrogens is 534 g/mol. The fourth-order valence-electron chi connectivity index (χ4n) is 3.63. The number of nitrogens with one attached hydrogen (secondary N) is 1. The molecule has 0 aliphatic rings. The van der Waals surface area contributed by atoms with Gasteiger partial charge in [-0.05, 0) is 66.6 Å². The summed E-state index contributed by atoms with van der Waals surface area (Å²) in [5.41, 5.74) is 1.98. The number of carbonyl (C=O) groups is 3. The van der Waals surface area contributed by atoms with Gasteiger partial charge in [0.2, 0.25) is 5.76 Å². The Morgan fingerprint density at radius 2 is 1.43 bits per heavy atom. The summed E-state index contributed by atoms with van der Waals surface area (Å²) < 4.78 is 22.1. The van der Waals surface area contributed by atoms with Crippen LogP contribution in [0.3, 0.4) is 0 Å². The number of amides is 1. The molecule has 0 aromatic heterocycles. The minimum atomic E-state index is -0.814. The van der Waals surface area contributed by atoms with Crippen LogP contribution < -0.4 is 14.8 Å². The van der Waals surface area contributed by atoms with Crippen LogP contribution in [0.2, 0.25) is 0 Å². The van der Waals surface area contributed by atoms with Crippen LogP contribution in [0.5, 0.6) is 11.5 Å².